The Balaban J connectivity index is 2.71. The van der Waals surface area contributed by atoms with Gasteiger partial charge in [0, 0.05) is 0 Å². The second-order valence-corrected chi connectivity index (χ2v) is 5.42. The summed E-state index contributed by atoms with van der Waals surface area (Å²) < 4.78 is 0. The molecule has 0 aromatic carbocycles. The minimum absolute atomic E-state index is 0.327. The van der Waals surface area contributed by atoms with E-state index in [1.54, 1.807) is 5.57 Å². The predicted molar refractivity (Wildman–Crippen MR) is 68.9 cm³/mol. The van der Waals surface area contributed by atoms with Gasteiger partial charge in [0.15, 0.2) is 0 Å². The van der Waals surface area contributed by atoms with Crippen LogP contribution in [0.5, 0.6) is 0 Å². The van der Waals surface area contributed by atoms with Gasteiger partial charge in [0.1, 0.15) is 0 Å². The van der Waals surface area contributed by atoms with E-state index in [2.05, 4.69) is 45.6 Å². The van der Waals surface area contributed by atoms with Crippen LogP contribution in [0.4, 0.5) is 0 Å². The van der Waals surface area contributed by atoms with Crippen LogP contribution >= 0.6 is 0 Å². The lowest BCUT2D eigenvalue weighted by Gasteiger charge is -2.20. The quantitative estimate of drug-likeness (QED) is 0.485. The Labute approximate surface area is 94.8 Å². The van der Waals surface area contributed by atoms with Gasteiger partial charge in [-0.2, -0.15) is 0 Å². The van der Waals surface area contributed by atoms with Crippen LogP contribution in [0.25, 0.3) is 0 Å². The van der Waals surface area contributed by atoms with Crippen LogP contribution in [0.2, 0.25) is 0 Å². The molecule has 84 valence electrons. The van der Waals surface area contributed by atoms with Gasteiger partial charge in [-0.1, -0.05) is 49.8 Å². The first kappa shape index (κ1) is 12.3. The minimum atomic E-state index is 0.327. The third-order valence-electron chi connectivity index (χ3n) is 3.12. The highest BCUT2D eigenvalue weighted by atomic mass is 14.2. The van der Waals surface area contributed by atoms with E-state index >= 15 is 0 Å². The van der Waals surface area contributed by atoms with Gasteiger partial charge in [0.05, 0.1) is 0 Å². The maximum atomic E-state index is 4.09. The molecule has 0 heterocycles. The third kappa shape index (κ3) is 5.01. The molecule has 1 aliphatic rings. The van der Waals surface area contributed by atoms with Crippen LogP contribution in [-0.4, -0.2) is 0 Å². The van der Waals surface area contributed by atoms with E-state index in [-0.39, 0.29) is 0 Å². The van der Waals surface area contributed by atoms with Crippen LogP contribution in [0.3, 0.4) is 0 Å². The normalized spacial score (nSPS) is 26.6. The lowest BCUT2D eigenvalue weighted by Crippen LogP contribution is -2.06. The number of hydrogen-bond acceptors (Lipinski definition) is 0. The summed E-state index contributed by atoms with van der Waals surface area (Å²) in [6, 6.07) is 0. The summed E-state index contributed by atoms with van der Waals surface area (Å²) in [6.45, 7) is 11.0. The van der Waals surface area contributed by atoms with E-state index in [9.17, 15) is 0 Å². The lowest BCUT2D eigenvalue weighted by atomic mass is 9.86. The van der Waals surface area contributed by atoms with Gasteiger partial charge in [0.2, 0.25) is 0 Å². The van der Waals surface area contributed by atoms with Crippen molar-refractivity contribution in [1.29, 1.82) is 0 Å². The van der Waals surface area contributed by atoms with E-state index in [1.807, 2.05) is 0 Å². The first-order valence-electron chi connectivity index (χ1n) is 6.02. The summed E-state index contributed by atoms with van der Waals surface area (Å²) in [5.41, 5.74) is 3.13. The molecule has 0 aromatic heterocycles. The summed E-state index contributed by atoms with van der Waals surface area (Å²) in [4.78, 5) is 0. The molecule has 0 aromatic rings. The predicted octanol–water partition coefficient (Wildman–Crippen LogP) is 5.04. The second kappa shape index (κ2) is 5.34. The van der Waals surface area contributed by atoms with E-state index in [0.717, 1.165) is 12.8 Å². The highest BCUT2D eigenvalue weighted by molar-refractivity contribution is 5.18. The Morgan fingerprint density at radius 1 is 1.27 bits per heavy atom. The van der Waals surface area contributed by atoms with Crippen molar-refractivity contribution in [3.63, 3.8) is 0 Å². The molecule has 0 saturated heterocycles. The van der Waals surface area contributed by atoms with Gasteiger partial charge >= 0.3 is 0 Å². The summed E-state index contributed by atoms with van der Waals surface area (Å²) in [5.74, 6) is 0. The number of rotatable bonds is 0. The lowest BCUT2D eigenvalue weighted by molar-refractivity contribution is 0.421. The molecular formula is C15H24. The maximum absolute atomic E-state index is 4.09. The molecule has 0 radical (unpaired) electrons. The van der Waals surface area contributed by atoms with Crippen molar-refractivity contribution in [2.45, 2.75) is 52.9 Å². The Morgan fingerprint density at radius 2 is 2.00 bits per heavy atom. The SMILES string of the molecule is C=C1C=CC(C)(C)CCC/C(C)=C/CC1. The molecule has 0 nitrogen and oxygen atoms in total. The van der Waals surface area contributed by atoms with Crippen molar-refractivity contribution in [3.05, 3.63) is 36.0 Å². The highest BCUT2D eigenvalue weighted by Gasteiger charge is 2.13. The zero-order chi connectivity index (χ0) is 11.3. The first-order chi connectivity index (χ1) is 6.99. The fraction of sp³-hybridized carbons (Fsp3) is 0.600. The Kier molecular flexibility index (Phi) is 4.38. The molecular weight excluding hydrogens is 180 g/mol. The van der Waals surface area contributed by atoms with Crippen molar-refractivity contribution in [2.24, 2.45) is 5.41 Å². The van der Waals surface area contributed by atoms with E-state index in [0.29, 0.717) is 5.41 Å². The van der Waals surface area contributed by atoms with Gasteiger partial charge in [-0.05, 0) is 44.4 Å². The maximum Gasteiger partial charge on any atom is -0.0172 e. The number of allylic oxidation sites excluding steroid dienone is 5. The first-order valence-corrected chi connectivity index (χ1v) is 6.02. The molecule has 15 heavy (non-hydrogen) atoms. The highest BCUT2D eigenvalue weighted by Crippen LogP contribution is 2.27. The molecule has 0 saturated carbocycles. The minimum Gasteiger partial charge on any atom is -0.0958 e. The largest absolute Gasteiger partial charge is 0.0958 e. The Morgan fingerprint density at radius 3 is 2.73 bits per heavy atom. The fourth-order valence-corrected chi connectivity index (χ4v) is 1.94. The smallest absolute Gasteiger partial charge is 0.0172 e. The van der Waals surface area contributed by atoms with E-state index in [4.69, 9.17) is 0 Å². The average molecular weight is 204 g/mol. The number of hydrogen-bond donors (Lipinski definition) is 0. The zero-order valence-corrected chi connectivity index (χ0v) is 10.5. The van der Waals surface area contributed by atoms with Gasteiger partial charge in [-0.3, -0.25) is 0 Å². The third-order valence-corrected chi connectivity index (χ3v) is 3.12. The van der Waals surface area contributed by atoms with Gasteiger partial charge in [-0.15, -0.1) is 0 Å². The van der Waals surface area contributed by atoms with Crippen LogP contribution in [0.15, 0.2) is 36.0 Å². The molecule has 0 spiro atoms. The van der Waals surface area contributed by atoms with Crippen LogP contribution in [0.1, 0.15) is 52.9 Å². The van der Waals surface area contributed by atoms with Crippen molar-refractivity contribution >= 4 is 0 Å². The second-order valence-electron chi connectivity index (χ2n) is 5.42. The molecule has 0 aliphatic heterocycles. The molecule has 0 atom stereocenters. The summed E-state index contributed by atoms with van der Waals surface area (Å²) in [7, 11) is 0. The standard InChI is InChI=1S/C15H24/c1-13-7-5-8-14(2)10-12-15(3,4)11-6-9-13/h7,10,12H,2,5-6,8-9,11H2,1,3-4H3/b12-10?,13-7+. The van der Waals surface area contributed by atoms with Gasteiger partial charge in [0.25, 0.3) is 0 Å². The van der Waals surface area contributed by atoms with Gasteiger partial charge < -0.3 is 0 Å². The average Bonchev–Trinajstić information content (AvgIpc) is 2.15. The van der Waals surface area contributed by atoms with Crippen molar-refractivity contribution in [1.82, 2.24) is 0 Å². The van der Waals surface area contributed by atoms with Crippen LogP contribution in [0, 0.1) is 5.41 Å². The summed E-state index contributed by atoms with van der Waals surface area (Å²) in [6.07, 6.45) is 13.0. The molecule has 1 rings (SSSR count). The molecule has 0 fully saturated rings. The van der Waals surface area contributed by atoms with Crippen molar-refractivity contribution in [2.75, 3.05) is 0 Å². The van der Waals surface area contributed by atoms with Crippen LogP contribution < -0.4 is 0 Å². The molecule has 0 amide bonds. The molecule has 0 bridgehead atoms. The topological polar surface area (TPSA) is 0 Å². The van der Waals surface area contributed by atoms with Crippen LogP contribution in [-0.2, 0) is 0 Å². The Hall–Kier alpha value is -0.780. The van der Waals surface area contributed by atoms with Crippen molar-refractivity contribution in [3.8, 4) is 0 Å². The van der Waals surface area contributed by atoms with E-state index < -0.39 is 0 Å². The molecule has 0 unspecified atom stereocenters. The van der Waals surface area contributed by atoms with Crippen molar-refractivity contribution < 1.29 is 0 Å². The monoisotopic (exact) mass is 204 g/mol. The molecule has 1 aliphatic carbocycles. The molecule has 0 N–H and O–H groups in total. The fourth-order valence-electron chi connectivity index (χ4n) is 1.94. The van der Waals surface area contributed by atoms with Gasteiger partial charge in [-0.25, -0.2) is 0 Å². The summed E-state index contributed by atoms with van der Waals surface area (Å²) >= 11 is 0. The zero-order valence-electron chi connectivity index (χ0n) is 10.5. The molecule has 0 heteroatoms. The van der Waals surface area contributed by atoms with E-state index in [1.165, 1.54) is 24.8 Å². The summed E-state index contributed by atoms with van der Waals surface area (Å²) in [5, 5.41) is 0. The Bertz CT molecular complexity index is 276.